The van der Waals surface area contributed by atoms with Gasteiger partial charge < -0.3 is 25.8 Å². The van der Waals surface area contributed by atoms with Crippen LogP contribution in [0.25, 0.3) is 17.2 Å². The van der Waals surface area contributed by atoms with E-state index in [1.54, 1.807) is 0 Å². The van der Waals surface area contributed by atoms with Gasteiger partial charge >= 0.3 is 0 Å². The third kappa shape index (κ3) is 2.85. The van der Waals surface area contributed by atoms with E-state index >= 15 is 0 Å². The highest BCUT2D eigenvalue weighted by Crippen LogP contribution is 2.48. The molecule has 2 aromatic rings. The molecular weight excluding hydrogens is 414 g/mol. The Balaban J connectivity index is 2.42. The number of nitrogens with zero attached hydrogens (tertiary/aromatic N) is 3. The molecule has 3 rings (SSSR count). The van der Waals surface area contributed by atoms with Crippen molar-refractivity contribution >= 4 is 40.5 Å². The fraction of sp³-hybridized carbons (Fsp3) is 0.444. The van der Waals surface area contributed by atoms with Crippen LogP contribution in [0.5, 0.6) is 0 Å². The maximum absolute atomic E-state index is 12.6. The number of carbonyl (C=O) groups is 3. The van der Waals surface area contributed by atoms with Crippen LogP contribution >= 0.6 is 0 Å². The van der Waals surface area contributed by atoms with Crippen LogP contribution in [-0.2, 0) is 19.1 Å². The minimum Gasteiger partial charge on any atom is -0.386 e. The second kappa shape index (κ2) is 7.16. The van der Waals surface area contributed by atoms with Gasteiger partial charge in [0.25, 0.3) is 5.56 Å². The number of rotatable bonds is 6. The van der Waals surface area contributed by atoms with E-state index in [1.165, 1.54) is 0 Å². The number of ketones is 3. The second-order valence-corrected chi connectivity index (χ2v) is 7.26. The van der Waals surface area contributed by atoms with E-state index in [0.717, 1.165) is 31.4 Å². The lowest BCUT2D eigenvalue weighted by Crippen LogP contribution is -2.67. The van der Waals surface area contributed by atoms with E-state index in [9.17, 15) is 34.5 Å². The second-order valence-electron chi connectivity index (χ2n) is 7.26. The zero-order valence-corrected chi connectivity index (χ0v) is 16.8. The number of H-pyrrole nitrogens is 1. The van der Waals surface area contributed by atoms with Crippen LogP contribution in [0.15, 0.2) is 11.4 Å². The Morgan fingerprint density at radius 1 is 1.26 bits per heavy atom. The molecule has 1 saturated heterocycles. The standard InChI is InChI=1S/C18H21N5O8/c1-5-9-20-10-13(21-16(19)22-14(10)28)23(9)15-18(30,8(4)26)17(29,7(3)25)12(31-15)11(27)6(2)24/h5-6,12,15,24,29-30H,1H2,2-4H3,(H3,19,21,22,28)/t6?,12-,15-,17-,18+/m1/s1. The van der Waals surface area contributed by atoms with Crippen molar-refractivity contribution in [2.75, 3.05) is 5.73 Å². The molecule has 13 heteroatoms. The van der Waals surface area contributed by atoms with Gasteiger partial charge in [0, 0.05) is 0 Å². The highest BCUT2D eigenvalue weighted by molar-refractivity contribution is 6.04. The topological polar surface area (TPSA) is 211 Å². The number of fused-ring (bicyclic) bond motifs is 1. The van der Waals surface area contributed by atoms with Gasteiger partial charge in [0.2, 0.25) is 11.5 Å². The molecule has 1 unspecified atom stereocenters. The van der Waals surface area contributed by atoms with Crippen LogP contribution in [0.1, 0.15) is 32.8 Å². The van der Waals surface area contributed by atoms with Crippen molar-refractivity contribution in [2.45, 2.75) is 50.4 Å². The summed E-state index contributed by atoms with van der Waals surface area (Å²) in [6, 6.07) is 0. The SMILES string of the molecule is C=Cc1nc2c(=O)[nH]c(N)nc2n1[C@@H]1O[C@H](C(=O)C(C)O)[C@](O)(C(C)=O)[C@]1(O)C(C)=O. The molecule has 6 N–H and O–H groups in total. The minimum absolute atomic E-state index is 0.140. The summed E-state index contributed by atoms with van der Waals surface area (Å²) in [4.78, 5) is 60.1. The summed E-state index contributed by atoms with van der Waals surface area (Å²) in [7, 11) is 0. The van der Waals surface area contributed by atoms with Gasteiger partial charge in [0.05, 0.1) is 0 Å². The number of carbonyl (C=O) groups excluding carboxylic acids is 3. The van der Waals surface area contributed by atoms with Crippen LogP contribution < -0.4 is 11.3 Å². The minimum atomic E-state index is -3.07. The number of aromatic amines is 1. The quantitative estimate of drug-likeness (QED) is 0.329. The summed E-state index contributed by atoms with van der Waals surface area (Å²) in [6.07, 6.45) is -4.66. The molecule has 1 aliphatic heterocycles. The van der Waals surface area contributed by atoms with Crippen LogP contribution in [0.2, 0.25) is 0 Å². The van der Waals surface area contributed by atoms with Crippen molar-refractivity contribution < 1.29 is 34.4 Å². The molecule has 31 heavy (non-hydrogen) atoms. The smallest absolute Gasteiger partial charge is 0.280 e. The molecule has 0 aliphatic carbocycles. The monoisotopic (exact) mass is 435 g/mol. The van der Waals surface area contributed by atoms with Gasteiger partial charge in [-0.25, -0.2) is 4.98 Å². The summed E-state index contributed by atoms with van der Waals surface area (Å²) >= 11 is 0. The first-order chi connectivity index (χ1) is 14.3. The predicted molar refractivity (Wildman–Crippen MR) is 105 cm³/mol. The van der Waals surface area contributed by atoms with Crippen molar-refractivity contribution in [1.82, 2.24) is 19.5 Å². The molecule has 166 valence electrons. The fourth-order valence-electron chi connectivity index (χ4n) is 3.74. The number of hydrogen-bond donors (Lipinski definition) is 5. The Hall–Kier alpha value is -3.26. The third-order valence-electron chi connectivity index (χ3n) is 5.34. The molecule has 0 saturated carbocycles. The molecule has 0 amide bonds. The van der Waals surface area contributed by atoms with Gasteiger partial charge in [-0.15, -0.1) is 0 Å². The average molecular weight is 435 g/mol. The van der Waals surface area contributed by atoms with Crippen molar-refractivity contribution in [2.24, 2.45) is 0 Å². The first-order valence-corrected chi connectivity index (χ1v) is 9.06. The van der Waals surface area contributed by atoms with E-state index in [2.05, 4.69) is 21.5 Å². The van der Waals surface area contributed by atoms with Crippen molar-refractivity contribution in [3.8, 4) is 0 Å². The molecule has 0 radical (unpaired) electrons. The predicted octanol–water partition coefficient (Wildman–Crippen LogP) is -2.17. The van der Waals surface area contributed by atoms with E-state index in [1.807, 2.05) is 0 Å². The number of nitrogen functional groups attached to an aromatic ring is 1. The zero-order valence-electron chi connectivity index (χ0n) is 16.8. The summed E-state index contributed by atoms with van der Waals surface area (Å²) in [6.45, 7) is 6.34. The summed E-state index contributed by atoms with van der Waals surface area (Å²) in [5.74, 6) is -3.93. The number of nitrogens with two attached hydrogens (primary N) is 1. The Labute approximate surface area is 174 Å². The van der Waals surface area contributed by atoms with Gasteiger partial charge in [-0.1, -0.05) is 6.58 Å². The largest absolute Gasteiger partial charge is 0.386 e. The van der Waals surface area contributed by atoms with Crippen LogP contribution in [-0.4, -0.2) is 75.6 Å². The number of aliphatic hydroxyl groups is 3. The number of hydrogen-bond acceptors (Lipinski definition) is 11. The lowest BCUT2D eigenvalue weighted by atomic mass is 9.73. The van der Waals surface area contributed by atoms with Gasteiger partial charge in [-0.2, -0.15) is 4.98 Å². The molecular formula is C18H21N5O8. The zero-order chi connectivity index (χ0) is 23.5. The molecule has 0 aromatic carbocycles. The molecule has 1 fully saturated rings. The third-order valence-corrected chi connectivity index (χ3v) is 5.34. The maximum atomic E-state index is 12.6. The van der Waals surface area contributed by atoms with Crippen LogP contribution in [0.3, 0.4) is 0 Å². The number of imidazole rings is 1. The fourth-order valence-corrected chi connectivity index (χ4v) is 3.74. The lowest BCUT2D eigenvalue weighted by Gasteiger charge is -2.37. The number of Topliss-reactive ketones (excluding diaryl/α,β-unsaturated/α-hetero) is 3. The van der Waals surface area contributed by atoms with Crippen LogP contribution in [0, 0.1) is 0 Å². The van der Waals surface area contributed by atoms with Gasteiger partial charge in [0.15, 0.2) is 46.4 Å². The average Bonchev–Trinajstić information content (AvgIpc) is 3.16. The summed E-state index contributed by atoms with van der Waals surface area (Å²) in [5.41, 5.74) is -1.80. The number of nitrogens with one attached hydrogen (secondary N) is 1. The Bertz CT molecular complexity index is 1180. The molecule has 3 heterocycles. The van der Waals surface area contributed by atoms with Gasteiger partial charge in [-0.3, -0.25) is 28.7 Å². The molecule has 13 nitrogen and oxygen atoms in total. The summed E-state index contributed by atoms with van der Waals surface area (Å²) in [5, 5.41) is 32.3. The molecule has 2 aromatic heterocycles. The van der Waals surface area contributed by atoms with Crippen LogP contribution in [0.4, 0.5) is 5.95 Å². The number of ether oxygens (including phenoxy) is 1. The van der Waals surface area contributed by atoms with E-state index < -0.39 is 52.5 Å². The lowest BCUT2D eigenvalue weighted by molar-refractivity contribution is -0.182. The van der Waals surface area contributed by atoms with Crippen molar-refractivity contribution in [3.63, 3.8) is 0 Å². The van der Waals surface area contributed by atoms with Crippen molar-refractivity contribution in [3.05, 3.63) is 22.8 Å². The van der Waals surface area contributed by atoms with Crippen molar-refractivity contribution in [1.29, 1.82) is 0 Å². The molecule has 1 aliphatic rings. The highest BCUT2D eigenvalue weighted by atomic mass is 16.6. The normalized spacial score (nSPS) is 29.1. The number of aromatic nitrogens is 4. The van der Waals surface area contributed by atoms with E-state index in [-0.39, 0.29) is 22.9 Å². The van der Waals surface area contributed by atoms with Gasteiger partial charge in [0.1, 0.15) is 11.9 Å². The Morgan fingerprint density at radius 3 is 2.32 bits per heavy atom. The first kappa shape index (κ1) is 22.4. The number of aliphatic hydroxyl groups excluding tert-OH is 1. The summed E-state index contributed by atoms with van der Waals surface area (Å²) < 4.78 is 6.47. The number of anilines is 1. The first-order valence-electron chi connectivity index (χ1n) is 9.06. The Morgan fingerprint density at radius 2 is 1.84 bits per heavy atom. The Kier molecular flexibility index (Phi) is 5.18. The molecule has 0 bridgehead atoms. The molecule has 5 atom stereocenters. The molecule has 0 spiro atoms. The van der Waals surface area contributed by atoms with E-state index in [0.29, 0.717) is 0 Å². The maximum Gasteiger partial charge on any atom is 0.280 e. The van der Waals surface area contributed by atoms with E-state index in [4.69, 9.17) is 10.5 Å². The van der Waals surface area contributed by atoms with Gasteiger partial charge in [-0.05, 0) is 26.8 Å². The highest BCUT2D eigenvalue weighted by Gasteiger charge is 2.74.